The van der Waals surface area contributed by atoms with E-state index in [1.54, 1.807) is 21.0 Å². The van der Waals surface area contributed by atoms with Crippen molar-refractivity contribution in [2.75, 3.05) is 7.11 Å². The molecule has 0 aromatic heterocycles. The van der Waals surface area contributed by atoms with Gasteiger partial charge in [0.25, 0.3) is 9.04 Å². The minimum atomic E-state index is -1.31. The Morgan fingerprint density at radius 1 is 1.21 bits per heavy atom. The lowest BCUT2D eigenvalue weighted by Crippen LogP contribution is -2.43. The molecule has 1 aromatic rings. The van der Waals surface area contributed by atoms with Gasteiger partial charge in [-0.1, -0.05) is 34.6 Å². The molecule has 1 fully saturated rings. The van der Waals surface area contributed by atoms with Crippen LogP contribution < -0.4 is 9.16 Å². The van der Waals surface area contributed by atoms with Crippen LogP contribution >= 0.6 is 0 Å². The average molecular weight is 478 g/mol. The van der Waals surface area contributed by atoms with Gasteiger partial charge in [0.1, 0.15) is 18.1 Å². The zero-order valence-corrected chi connectivity index (χ0v) is 21.9. The number of carboxylic acid groups (broad SMARTS) is 2. The van der Waals surface area contributed by atoms with E-state index in [-0.39, 0.29) is 18.4 Å². The Balaban J connectivity index is 2.36. The highest BCUT2D eigenvalue weighted by Crippen LogP contribution is 2.57. The van der Waals surface area contributed by atoms with Crippen LogP contribution in [0.1, 0.15) is 58.6 Å². The molecule has 0 aliphatic heterocycles. The predicted octanol–water partition coefficient (Wildman–Crippen LogP) is 5.24. The van der Waals surface area contributed by atoms with Crippen LogP contribution in [0.25, 0.3) is 0 Å². The summed E-state index contributed by atoms with van der Waals surface area (Å²) in [6, 6.07) is 3.79. The van der Waals surface area contributed by atoms with Gasteiger partial charge in [0.15, 0.2) is 0 Å². The molecular formula is C25H37O7Si. The van der Waals surface area contributed by atoms with Crippen molar-refractivity contribution in [1.29, 1.82) is 0 Å². The summed E-state index contributed by atoms with van der Waals surface area (Å²) < 4.78 is 17.7. The molecule has 33 heavy (non-hydrogen) atoms. The Morgan fingerprint density at radius 3 is 2.30 bits per heavy atom. The first kappa shape index (κ1) is 26.8. The van der Waals surface area contributed by atoms with Crippen LogP contribution in [0.4, 0.5) is 0 Å². The van der Waals surface area contributed by atoms with Crippen molar-refractivity contribution in [2.24, 2.45) is 16.7 Å². The highest BCUT2D eigenvalue weighted by Gasteiger charge is 2.60. The largest absolute Gasteiger partial charge is 0.542 e. The zero-order valence-electron chi connectivity index (χ0n) is 20.9. The number of benzene rings is 1. The Morgan fingerprint density at radius 2 is 1.85 bits per heavy atom. The molecule has 1 radical (unpaired) electrons. The molecule has 1 aliphatic rings. The van der Waals surface area contributed by atoms with Crippen molar-refractivity contribution in [3.63, 3.8) is 0 Å². The topological polar surface area (TPSA) is 102 Å². The minimum Gasteiger partial charge on any atom is -0.542 e. The van der Waals surface area contributed by atoms with E-state index < -0.39 is 37.7 Å². The van der Waals surface area contributed by atoms with Crippen LogP contribution in [-0.4, -0.2) is 38.3 Å². The third-order valence-corrected chi connectivity index (χ3v) is 7.31. The number of carboxylic acids is 2. The molecule has 8 heteroatoms. The van der Waals surface area contributed by atoms with Gasteiger partial charge in [-0.2, -0.15) is 0 Å². The molecule has 0 spiro atoms. The molecule has 2 atom stereocenters. The zero-order chi connectivity index (χ0) is 25.2. The summed E-state index contributed by atoms with van der Waals surface area (Å²) in [6.45, 7) is 14.0. The van der Waals surface area contributed by atoms with Crippen LogP contribution in [0.5, 0.6) is 11.5 Å². The summed E-state index contributed by atoms with van der Waals surface area (Å²) in [7, 11) is 0.565. The van der Waals surface area contributed by atoms with Crippen LogP contribution in [-0.2, 0) is 26.3 Å². The number of methoxy groups -OCH3 is 1. The maximum Gasteiger partial charge on any atom is 0.314 e. The van der Waals surface area contributed by atoms with E-state index in [4.69, 9.17) is 13.9 Å². The van der Waals surface area contributed by atoms with Gasteiger partial charge in [0.05, 0.1) is 24.7 Å². The predicted molar refractivity (Wildman–Crippen MR) is 128 cm³/mol. The molecule has 2 rings (SSSR count). The molecular weight excluding hydrogens is 440 g/mol. The van der Waals surface area contributed by atoms with Crippen LogP contribution in [0, 0.1) is 16.7 Å². The molecule has 7 nitrogen and oxygen atoms in total. The van der Waals surface area contributed by atoms with Gasteiger partial charge in [-0.25, -0.2) is 0 Å². The molecule has 1 aromatic carbocycles. The fraction of sp³-hybridized carbons (Fsp3) is 0.600. The van der Waals surface area contributed by atoms with Gasteiger partial charge < -0.3 is 24.1 Å². The first-order valence-electron chi connectivity index (χ1n) is 11.1. The van der Waals surface area contributed by atoms with E-state index in [9.17, 15) is 19.8 Å². The van der Waals surface area contributed by atoms with Gasteiger partial charge in [-0.05, 0) is 55.0 Å². The molecule has 1 saturated carbocycles. The fourth-order valence-electron chi connectivity index (χ4n) is 4.77. The molecule has 0 heterocycles. The third-order valence-electron chi connectivity index (χ3n) is 6.69. The van der Waals surface area contributed by atoms with Crippen molar-refractivity contribution in [2.45, 2.75) is 72.6 Å². The second-order valence-electron chi connectivity index (χ2n) is 10.4. The van der Waals surface area contributed by atoms with Crippen molar-refractivity contribution < 1.29 is 33.7 Å². The molecule has 0 amide bonds. The van der Waals surface area contributed by atoms with E-state index >= 15 is 0 Å². The standard InChI is InChI=1S/C25H37O7Si/c1-23(2,3)19-18(30-6)10-9-16(20(19)32-33(7)8)15-31-14-13-25(22(28)29)12-11-17(21(26)27)24(25,4)5/h9-10,13-14,17H,11-12,15H2,1-8H3,(H,26,27)(H,28,29). The molecule has 183 valence electrons. The van der Waals surface area contributed by atoms with Gasteiger partial charge >= 0.3 is 11.9 Å². The number of rotatable bonds is 9. The monoisotopic (exact) mass is 477 g/mol. The number of carbonyl (C=O) groups is 2. The number of hydrogen-bond acceptors (Lipinski definition) is 5. The summed E-state index contributed by atoms with van der Waals surface area (Å²) in [6.07, 6.45) is 3.47. The van der Waals surface area contributed by atoms with E-state index in [1.165, 1.54) is 12.3 Å². The number of aliphatic carboxylic acids is 2. The highest BCUT2D eigenvalue weighted by molar-refractivity contribution is 6.49. The third kappa shape index (κ3) is 5.21. The summed E-state index contributed by atoms with van der Waals surface area (Å²) in [4.78, 5) is 23.9. The van der Waals surface area contributed by atoms with Crippen LogP contribution in [0.3, 0.4) is 0 Å². The molecule has 0 bridgehead atoms. The summed E-state index contributed by atoms with van der Waals surface area (Å²) in [5.41, 5.74) is -0.689. The van der Waals surface area contributed by atoms with Crippen molar-refractivity contribution in [1.82, 2.24) is 0 Å². The van der Waals surface area contributed by atoms with E-state index in [2.05, 4.69) is 33.9 Å². The van der Waals surface area contributed by atoms with Crippen LogP contribution in [0.2, 0.25) is 13.1 Å². The maximum atomic E-state index is 12.2. The van der Waals surface area contributed by atoms with Gasteiger partial charge in [0, 0.05) is 11.1 Å². The van der Waals surface area contributed by atoms with Gasteiger partial charge in [-0.15, -0.1) is 0 Å². The first-order chi connectivity index (χ1) is 15.2. The minimum absolute atomic E-state index is 0.187. The lowest BCUT2D eigenvalue weighted by Gasteiger charge is -2.37. The quantitative estimate of drug-likeness (QED) is 0.370. The summed E-state index contributed by atoms with van der Waals surface area (Å²) >= 11 is 0. The Labute approximate surface area is 198 Å². The molecule has 0 saturated heterocycles. The fourth-order valence-corrected chi connectivity index (χ4v) is 5.42. The Kier molecular flexibility index (Phi) is 7.94. The Bertz CT molecular complexity index is 914. The molecule has 2 N–H and O–H groups in total. The smallest absolute Gasteiger partial charge is 0.314 e. The van der Waals surface area contributed by atoms with Crippen molar-refractivity contribution in [3.05, 3.63) is 35.6 Å². The second kappa shape index (κ2) is 9.79. The average Bonchev–Trinajstić information content (AvgIpc) is 2.95. The lowest BCUT2D eigenvalue weighted by atomic mass is 9.64. The number of ether oxygens (including phenoxy) is 2. The molecule has 2 unspecified atom stereocenters. The van der Waals surface area contributed by atoms with Crippen LogP contribution in [0.15, 0.2) is 24.5 Å². The highest BCUT2D eigenvalue weighted by atomic mass is 28.3. The summed E-state index contributed by atoms with van der Waals surface area (Å²) in [5.74, 6) is -1.25. The Hall–Kier alpha value is -2.48. The maximum absolute atomic E-state index is 12.2. The van der Waals surface area contributed by atoms with Crippen molar-refractivity contribution >= 4 is 21.0 Å². The van der Waals surface area contributed by atoms with Crippen molar-refractivity contribution in [3.8, 4) is 11.5 Å². The normalized spacial score (nSPS) is 22.5. The van der Waals surface area contributed by atoms with E-state index in [1.807, 2.05) is 12.1 Å². The summed E-state index contributed by atoms with van der Waals surface area (Å²) in [5, 5.41) is 19.6. The van der Waals surface area contributed by atoms with E-state index in [0.29, 0.717) is 6.42 Å². The molecule has 1 aliphatic carbocycles. The van der Waals surface area contributed by atoms with Gasteiger partial charge in [0.2, 0.25) is 0 Å². The lowest BCUT2D eigenvalue weighted by molar-refractivity contribution is -0.155. The second-order valence-corrected chi connectivity index (χ2v) is 12.5. The van der Waals surface area contributed by atoms with E-state index in [0.717, 1.165) is 22.6 Å². The van der Waals surface area contributed by atoms with Gasteiger partial charge in [-0.3, -0.25) is 9.59 Å². The SMILES string of the molecule is COc1ccc(COC=CC2(C(=O)O)CCC(C(=O)O)C2(C)C)c(O[Si](C)C)c1C(C)(C)C. The number of hydrogen-bond donors (Lipinski definition) is 2. The first-order valence-corrected chi connectivity index (χ1v) is 13.5.